The van der Waals surface area contributed by atoms with Gasteiger partial charge < -0.3 is 9.73 Å². The number of fused-ring (bicyclic) bond motifs is 1. The molecule has 17 heavy (non-hydrogen) atoms. The molecule has 0 amide bonds. The zero-order valence-corrected chi connectivity index (χ0v) is 10.8. The molecule has 3 nitrogen and oxygen atoms in total. The smallest absolute Gasteiger partial charge is 0.195 e. The summed E-state index contributed by atoms with van der Waals surface area (Å²) in [4.78, 5) is 4.43. The van der Waals surface area contributed by atoms with Gasteiger partial charge in [-0.25, -0.2) is 4.98 Å². The van der Waals surface area contributed by atoms with E-state index in [9.17, 15) is 0 Å². The maximum absolute atomic E-state index is 5.58. The third-order valence-electron chi connectivity index (χ3n) is 3.09. The zero-order chi connectivity index (χ0) is 12.3. The van der Waals surface area contributed by atoms with Gasteiger partial charge in [-0.1, -0.05) is 27.2 Å². The van der Waals surface area contributed by atoms with E-state index < -0.39 is 0 Å². The summed E-state index contributed by atoms with van der Waals surface area (Å²) in [5, 5.41) is 3.43. The molecule has 2 rings (SSSR count). The molecule has 0 aliphatic heterocycles. The molecular weight excluding hydrogens is 212 g/mol. The maximum atomic E-state index is 5.58. The summed E-state index contributed by atoms with van der Waals surface area (Å²) >= 11 is 0. The van der Waals surface area contributed by atoms with E-state index in [2.05, 4.69) is 36.3 Å². The first-order chi connectivity index (χ1) is 8.22. The lowest BCUT2D eigenvalue weighted by molar-refractivity contribution is 0.538. The maximum Gasteiger partial charge on any atom is 0.195 e. The number of hydrogen-bond acceptors (Lipinski definition) is 3. The Morgan fingerprint density at radius 3 is 2.88 bits per heavy atom. The number of anilines is 1. The molecule has 0 aliphatic rings. The highest BCUT2D eigenvalue weighted by molar-refractivity contribution is 5.77. The van der Waals surface area contributed by atoms with Crippen LogP contribution in [0, 0.1) is 5.92 Å². The second kappa shape index (κ2) is 5.21. The van der Waals surface area contributed by atoms with Gasteiger partial charge >= 0.3 is 0 Å². The van der Waals surface area contributed by atoms with Crippen LogP contribution in [0.5, 0.6) is 0 Å². The number of hydrogen-bond donors (Lipinski definition) is 1. The van der Waals surface area contributed by atoms with Gasteiger partial charge in [-0.2, -0.15) is 0 Å². The van der Waals surface area contributed by atoms with Crippen molar-refractivity contribution in [2.24, 2.45) is 5.92 Å². The molecule has 1 aromatic carbocycles. The van der Waals surface area contributed by atoms with E-state index in [4.69, 9.17) is 4.42 Å². The minimum Gasteiger partial charge on any atom is -0.441 e. The monoisotopic (exact) mass is 232 g/mol. The third kappa shape index (κ3) is 2.78. The molecule has 0 spiro atoms. The van der Waals surface area contributed by atoms with Crippen molar-refractivity contribution < 1.29 is 4.42 Å². The van der Waals surface area contributed by atoms with Crippen molar-refractivity contribution in [1.82, 2.24) is 4.98 Å². The van der Waals surface area contributed by atoms with E-state index in [1.165, 1.54) is 6.42 Å². The van der Waals surface area contributed by atoms with Crippen molar-refractivity contribution >= 4 is 16.8 Å². The van der Waals surface area contributed by atoms with Crippen LogP contribution < -0.4 is 5.32 Å². The van der Waals surface area contributed by atoms with Crippen LogP contribution in [0.3, 0.4) is 0 Å². The number of nitrogens with zero attached hydrogens (tertiary/aromatic N) is 1. The van der Waals surface area contributed by atoms with Gasteiger partial charge in [0.15, 0.2) is 11.5 Å². The Kier molecular flexibility index (Phi) is 3.67. The molecule has 1 atom stereocenters. The molecule has 0 radical (unpaired) electrons. The summed E-state index contributed by atoms with van der Waals surface area (Å²) in [5.74, 6) is 1.49. The molecule has 1 N–H and O–H groups in total. The van der Waals surface area contributed by atoms with E-state index in [0.717, 1.165) is 35.6 Å². The molecule has 0 bridgehead atoms. The normalized spacial score (nSPS) is 12.9. The lowest BCUT2D eigenvalue weighted by Crippen LogP contribution is -2.09. The van der Waals surface area contributed by atoms with Crippen LogP contribution in [0.4, 0.5) is 5.69 Å². The fourth-order valence-electron chi connectivity index (χ4n) is 1.67. The number of benzene rings is 1. The van der Waals surface area contributed by atoms with Gasteiger partial charge in [0.25, 0.3) is 0 Å². The van der Waals surface area contributed by atoms with Crippen molar-refractivity contribution in [3.63, 3.8) is 0 Å². The van der Waals surface area contributed by atoms with Crippen molar-refractivity contribution in [1.29, 1.82) is 0 Å². The first-order valence-electron chi connectivity index (χ1n) is 6.36. The second-order valence-corrected chi connectivity index (χ2v) is 4.54. The Morgan fingerprint density at radius 1 is 1.35 bits per heavy atom. The molecule has 0 saturated carbocycles. The minimum absolute atomic E-state index is 0.689. The quantitative estimate of drug-likeness (QED) is 0.851. The topological polar surface area (TPSA) is 38.1 Å². The summed E-state index contributed by atoms with van der Waals surface area (Å²) in [5.41, 5.74) is 2.93. The van der Waals surface area contributed by atoms with Gasteiger partial charge in [0.1, 0.15) is 5.52 Å². The zero-order valence-electron chi connectivity index (χ0n) is 10.8. The summed E-state index contributed by atoms with van der Waals surface area (Å²) in [6.07, 6.45) is 2.03. The highest BCUT2D eigenvalue weighted by atomic mass is 16.3. The average Bonchev–Trinajstić information content (AvgIpc) is 2.77. The largest absolute Gasteiger partial charge is 0.441 e. The Bertz CT molecular complexity index is 490. The van der Waals surface area contributed by atoms with Crippen LogP contribution in [0.25, 0.3) is 11.1 Å². The van der Waals surface area contributed by atoms with Gasteiger partial charge in [-0.05, 0) is 24.1 Å². The third-order valence-corrected chi connectivity index (χ3v) is 3.09. The number of aromatic nitrogens is 1. The lowest BCUT2D eigenvalue weighted by atomic mass is 10.1. The van der Waals surface area contributed by atoms with E-state index in [1.807, 2.05) is 13.0 Å². The standard InChI is InChI=1S/C14H20N2O/c1-4-10(3)9-15-11-6-7-13-12(8-11)16-14(5-2)17-13/h6-8,10,15H,4-5,9H2,1-3H3. The van der Waals surface area contributed by atoms with Crippen LogP contribution >= 0.6 is 0 Å². The fraction of sp³-hybridized carbons (Fsp3) is 0.500. The summed E-state index contributed by atoms with van der Waals surface area (Å²) in [7, 11) is 0. The number of nitrogens with one attached hydrogen (secondary N) is 1. The van der Waals surface area contributed by atoms with Crippen LogP contribution in [-0.2, 0) is 6.42 Å². The predicted molar refractivity (Wildman–Crippen MR) is 71.3 cm³/mol. The van der Waals surface area contributed by atoms with Crippen LogP contribution in [0.2, 0.25) is 0 Å². The Morgan fingerprint density at radius 2 is 2.18 bits per heavy atom. The number of oxazole rings is 1. The van der Waals surface area contributed by atoms with E-state index >= 15 is 0 Å². The molecule has 0 saturated heterocycles. The van der Waals surface area contributed by atoms with Crippen LogP contribution in [-0.4, -0.2) is 11.5 Å². The van der Waals surface area contributed by atoms with Crippen LogP contribution in [0.1, 0.15) is 33.1 Å². The molecule has 92 valence electrons. The molecule has 1 heterocycles. The van der Waals surface area contributed by atoms with Crippen molar-refractivity contribution in [3.05, 3.63) is 24.1 Å². The number of aryl methyl sites for hydroxylation is 1. The van der Waals surface area contributed by atoms with Crippen molar-refractivity contribution in [2.45, 2.75) is 33.6 Å². The first kappa shape index (κ1) is 12.0. The summed E-state index contributed by atoms with van der Waals surface area (Å²) < 4.78 is 5.58. The molecule has 0 fully saturated rings. The summed E-state index contributed by atoms with van der Waals surface area (Å²) in [6.45, 7) is 7.50. The molecule has 3 heteroatoms. The first-order valence-corrected chi connectivity index (χ1v) is 6.36. The molecule has 0 aliphatic carbocycles. The van der Waals surface area contributed by atoms with Gasteiger partial charge in [0.05, 0.1) is 0 Å². The van der Waals surface area contributed by atoms with E-state index in [-0.39, 0.29) is 0 Å². The lowest BCUT2D eigenvalue weighted by Gasteiger charge is -2.10. The molecule has 1 aromatic heterocycles. The molecular formula is C14H20N2O. The van der Waals surface area contributed by atoms with Crippen molar-refractivity contribution in [2.75, 3.05) is 11.9 Å². The van der Waals surface area contributed by atoms with E-state index in [0.29, 0.717) is 5.92 Å². The highest BCUT2D eigenvalue weighted by Crippen LogP contribution is 2.20. The van der Waals surface area contributed by atoms with Gasteiger partial charge in [0.2, 0.25) is 0 Å². The molecule has 2 aromatic rings. The Hall–Kier alpha value is -1.51. The van der Waals surface area contributed by atoms with Crippen LogP contribution in [0.15, 0.2) is 22.6 Å². The molecule has 1 unspecified atom stereocenters. The minimum atomic E-state index is 0.689. The Labute approximate surface area is 102 Å². The SMILES string of the molecule is CCc1nc2cc(NCC(C)CC)ccc2o1. The fourth-order valence-corrected chi connectivity index (χ4v) is 1.67. The van der Waals surface area contributed by atoms with Gasteiger partial charge in [-0.3, -0.25) is 0 Å². The summed E-state index contributed by atoms with van der Waals surface area (Å²) in [6, 6.07) is 6.09. The second-order valence-electron chi connectivity index (χ2n) is 4.54. The Balaban J connectivity index is 2.13. The highest BCUT2D eigenvalue weighted by Gasteiger charge is 2.05. The van der Waals surface area contributed by atoms with Gasteiger partial charge in [-0.15, -0.1) is 0 Å². The average molecular weight is 232 g/mol. The van der Waals surface area contributed by atoms with Gasteiger partial charge in [0, 0.05) is 18.7 Å². The van der Waals surface area contributed by atoms with E-state index in [1.54, 1.807) is 0 Å². The van der Waals surface area contributed by atoms with Crippen molar-refractivity contribution in [3.8, 4) is 0 Å². The predicted octanol–water partition coefficient (Wildman–Crippen LogP) is 3.85. The number of rotatable bonds is 5.